The number of hydrogen-bond donors (Lipinski definition) is 1. The van der Waals surface area contributed by atoms with Crippen LogP contribution in [0.3, 0.4) is 0 Å². The molecule has 0 saturated carbocycles. The Morgan fingerprint density at radius 1 is 1.27 bits per heavy atom. The van der Waals surface area contributed by atoms with Gasteiger partial charge in [0.1, 0.15) is 5.58 Å². The van der Waals surface area contributed by atoms with Crippen LogP contribution in [0, 0.1) is 27.7 Å². The maximum absolute atomic E-state index is 12.2. The van der Waals surface area contributed by atoms with Crippen LogP contribution >= 0.6 is 11.3 Å². The van der Waals surface area contributed by atoms with Gasteiger partial charge in [-0.15, -0.1) is 11.3 Å². The molecule has 4 nitrogen and oxygen atoms in total. The van der Waals surface area contributed by atoms with E-state index in [0.717, 1.165) is 38.2 Å². The molecule has 2 heterocycles. The van der Waals surface area contributed by atoms with Gasteiger partial charge in [-0.2, -0.15) is 0 Å². The van der Waals surface area contributed by atoms with E-state index < -0.39 is 0 Å². The predicted octanol–water partition coefficient (Wildman–Crippen LogP) is 4.30. The number of hydrogen-bond acceptors (Lipinski definition) is 4. The highest BCUT2D eigenvalue weighted by Crippen LogP contribution is 2.27. The second-order valence-electron chi connectivity index (χ2n) is 5.60. The van der Waals surface area contributed by atoms with E-state index in [0.29, 0.717) is 5.13 Å². The van der Waals surface area contributed by atoms with E-state index in [9.17, 15) is 4.79 Å². The monoisotopic (exact) mass is 314 g/mol. The number of rotatable bonds is 3. The van der Waals surface area contributed by atoms with Gasteiger partial charge in [-0.1, -0.05) is 6.07 Å². The van der Waals surface area contributed by atoms with Gasteiger partial charge in [0.05, 0.1) is 18.4 Å². The summed E-state index contributed by atoms with van der Waals surface area (Å²) in [7, 11) is 0. The Bertz CT molecular complexity index is 842. The van der Waals surface area contributed by atoms with Gasteiger partial charge < -0.3 is 9.73 Å². The summed E-state index contributed by atoms with van der Waals surface area (Å²) in [5.41, 5.74) is 4.99. The van der Waals surface area contributed by atoms with Crippen LogP contribution in [0.2, 0.25) is 0 Å². The summed E-state index contributed by atoms with van der Waals surface area (Å²) in [5.74, 6) is -0.0728. The zero-order chi connectivity index (χ0) is 15.9. The van der Waals surface area contributed by atoms with Crippen LogP contribution in [0.4, 0.5) is 5.13 Å². The molecule has 0 unspecified atom stereocenters. The Morgan fingerprint density at radius 2 is 2.05 bits per heavy atom. The van der Waals surface area contributed by atoms with Gasteiger partial charge in [-0.3, -0.25) is 4.79 Å². The number of benzene rings is 1. The lowest BCUT2D eigenvalue weighted by atomic mass is 10.0. The van der Waals surface area contributed by atoms with Crippen LogP contribution in [0.5, 0.6) is 0 Å². The van der Waals surface area contributed by atoms with Crippen molar-refractivity contribution in [2.45, 2.75) is 34.1 Å². The molecule has 0 bridgehead atoms. The SMILES string of the molecule is Cc1cc(C)c2c(CC(=O)Nc3nc(C)c(C)s3)coc2c1. The second kappa shape index (κ2) is 5.57. The van der Waals surface area contributed by atoms with Crippen molar-refractivity contribution in [3.05, 3.63) is 45.7 Å². The molecule has 1 N–H and O–H groups in total. The first-order chi connectivity index (χ1) is 10.4. The standard InChI is InChI=1S/C17H18N2O2S/c1-9-5-10(2)16-13(8-21-14(16)6-9)7-15(20)19-17-18-11(3)12(4)22-17/h5-6,8H,7H2,1-4H3,(H,18,19,20). The minimum atomic E-state index is -0.0728. The van der Waals surface area contributed by atoms with Crippen molar-refractivity contribution in [2.24, 2.45) is 0 Å². The van der Waals surface area contributed by atoms with Crippen LogP contribution in [0.25, 0.3) is 11.0 Å². The summed E-state index contributed by atoms with van der Waals surface area (Å²) in [6, 6.07) is 4.10. The van der Waals surface area contributed by atoms with E-state index in [-0.39, 0.29) is 12.3 Å². The lowest BCUT2D eigenvalue weighted by Gasteiger charge is -2.03. The Morgan fingerprint density at radius 3 is 2.73 bits per heavy atom. The molecule has 0 aliphatic carbocycles. The molecule has 2 aromatic heterocycles. The molecule has 0 fully saturated rings. The Labute approximate surface area is 133 Å². The average molecular weight is 314 g/mol. The van der Waals surface area contributed by atoms with E-state index >= 15 is 0 Å². The number of carbonyl (C=O) groups is 1. The molecular weight excluding hydrogens is 296 g/mol. The molecule has 0 radical (unpaired) electrons. The summed E-state index contributed by atoms with van der Waals surface area (Å²) in [6.07, 6.45) is 1.96. The van der Waals surface area contributed by atoms with Crippen LogP contribution in [-0.4, -0.2) is 10.9 Å². The highest BCUT2D eigenvalue weighted by atomic mass is 32.1. The van der Waals surface area contributed by atoms with Crippen molar-refractivity contribution in [1.82, 2.24) is 4.98 Å². The van der Waals surface area contributed by atoms with Crippen molar-refractivity contribution in [2.75, 3.05) is 5.32 Å². The van der Waals surface area contributed by atoms with Crippen LogP contribution < -0.4 is 5.32 Å². The van der Waals surface area contributed by atoms with Crippen molar-refractivity contribution < 1.29 is 9.21 Å². The van der Waals surface area contributed by atoms with Crippen molar-refractivity contribution in [1.29, 1.82) is 0 Å². The summed E-state index contributed by atoms with van der Waals surface area (Å²) in [6.45, 7) is 8.02. The van der Waals surface area contributed by atoms with Crippen molar-refractivity contribution in [3.8, 4) is 0 Å². The van der Waals surface area contributed by atoms with Gasteiger partial charge >= 0.3 is 0 Å². The van der Waals surface area contributed by atoms with E-state index in [1.807, 2.05) is 33.8 Å². The maximum Gasteiger partial charge on any atom is 0.230 e. The molecule has 0 aliphatic heterocycles. The fraction of sp³-hybridized carbons (Fsp3) is 0.294. The molecular formula is C17H18N2O2S. The number of aryl methyl sites for hydroxylation is 4. The highest BCUT2D eigenvalue weighted by molar-refractivity contribution is 7.15. The molecule has 114 valence electrons. The van der Waals surface area contributed by atoms with Gasteiger partial charge in [0.25, 0.3) is 0 Å². The predicted molar refractivity (Wildman–Crippen MR) is 89.6 cm³/mol. The number of thiazole rings is 1. The third kappa shape index (κ3) is 2.76. The van der Waals surface area contributed by atoms with Gasteiger partial charge in [0.15, 0.2) is 5.13 Å². The number of carbonyl (C=O) groups excluding carboxylic acids is 1. The maximum atomic E-state index is 12.2. The van der Waals surface area contributed by atoms with Gasteiger partial charge in [-0.25, -0.2) is 4.98 Å². The van der Waals surface area contributed by atoms with Crippen LogP contribution in [0.1, 0.15) is 27.3 Å². The molecule has 0 aliphatic rings. The number of nitrogens with one attached hydrogen (secondary N) is 1. The average Bonchev–Trinajstić information content (AvgIpc) is 2.94. The number of nitrogens with zero attached hydrogens (tertiary/aromatic N) is 1. The minimum Gasteiger partial charge on any atom is -0.464 e. The lowest BCUT2D eigenvalue weighted by molar-refractivity contribution is -0.115. The fourth-order valence-electron chi connectivity index (χ4n) is 2.62. The summed E-state index contributed by atoms with van der Waals surface area (Å²) in [4.78, 5) is 17.7. The molecule has 0 atom stereocenters. The first-order valence-electron chi connectivity index (χ1n) is 7.15. The Kier molecular flexibility index (Phi) is 3.74. The smallest absolute Gasteiger partial charge is 0.230 e. The van der Waals surface area contributed by atoms with Gasteiger partial charge in [0.2, 0.25) is 5.91 Å². The number of aromatic nitrogens is 1. The van der Waals surface area contributed by atoms with Gasteiger partial charge in [0, 0.05) is 15.8 Å². The zero-order valence-corrected chi connectivity index (χ0v) is 13.9. The first kappa shape index (κ1) is 14.8. The van der Waals surface area contributed by atoms with Crippen molar-refractivity contribution >= 4 is 33.3 Å². The number of anilines is 1. The largest absolute Gasteiger partial charge is 0.464 e. The second-order valence-corrected chi connectivity index (χ2v) is 6.80. The quantitative estimate of drug-likeness (QED) is 0.784. The lowest BCUT2D eigenvalue weighted by Crippen LogP contribution is -2.14. The summed E-state index contributed by atoms with van der Waals surface area (Å²) >= 11 is 1.50. The number of fused-ring (bicyclic) bond motifs is 1. The topological polar surface area (TPSA) is 55.1 Å². The normalized spacial score (nSPS) is 11.1. The third-order valence-electron chi connectivity index (χ3n) is 3.72. The van der Waals surface area contributed by atoms with E-state index in [1.54, 1.807) is 6.26 Å². The number of amides is 1. The fourth-order valence-corrected chi connectivity index (χ4v) is 3.45. The van der Waals surface area contributed by atoms with E-state index in [2.05, 4.69) is 16.4 Å². The molecule has 3 aromatic rings. The molecule has 0 spiro atoms. The zero-order valence-electron chi connectivity index (χ0n) is 13.1. The molecule has 0 saturated heterocycles. The van der Waals surface area contributed by atoms with E-state index in [1.165, 1.54) is 11.3 Å². The molecule has 3 rings (SSSR count). The third-order valence-corrected chi connectivity index (χ3v) is 4.71. The minimum absolute atomic E-state index is 0.0728. The molecule has 5 heteroatoms. The van der Waals surface area contributed by atoms with E-state index in [4.69, 9.17) is 4.42 Å². The summed E-state index contributed by atoms with van der Waals surface area (Å²) < 4.78 is 5.59. The Balaban J connectivity index is 1.82. The molecule has 1 aromatic carbocycles. The Hall–Kier alpha value is -2.14. The van der Waals surface area contributed by atoms with Gasteiger partial charge in [-0.05, 0) is 44.9 Å². The van der Waals surface area contributed by atoms with Crippen LogP contribution in [-0.2, 0) is 11.2 Å². The van der Waals surface area contributed by atoms with Crippen molar-refractivity contribution in [3.63, 3.8) is 0 Å². The van der Waals surface area contributed by atoms with Crippen LogP contribution in [0.15, 0.2) is 22.8 Å². The summed E-state index contributed by atoms with van der Waals surface area (Å²) in [5, 5.41) is 4.55. The molecule has 22 heavy (non-hydrogen) atoms. The number of furan rings is 1. The highest BCUT2D eigenvalue weighted by Gasteiger charge is 2.14. The molecule has 1 amide bonds. The first-order valence-corrected chi connectivity index (χ1v) is 7.97.